The van der Waals surface area contributed by atoms with Crippen LogP contribution >= 0.6 is 0 Å². The van der Waals surface area contributed by atoms with E-state index in [1.807, 2.05) is 24.3 Å². The van der Waals surface area contributed by atoms with E-state index in [1.54, 1.807) is 49.6 Å². The van der Waals surface area contributed by atoms with E-state index in [9.17, 15) is 19.6 Å². The lowest BCUT2D eigenvalue weighted by Gasteiger charge is -2.32. The summed E-state index contributed by atoms with van der Waals surface area (Å²) in [6.07, 6.45) is 0.837. The maximum absolute atomic E-state index is 13.6. The SMILES string of the molecule is COc1cccc(CCC2=NC(=O)NC(c3ccc4c(c3)NC(=O)CO4)C2C(=O)OCc2cccc(C#N)c2)c1. The molecule has 2 unspecified atom stereocenters. The molecule has 40 heavy (non-hydrogen) atoms. The fraction of sp³-hybridized carbons (Fsp3) is 0.233. The van der Waals surface area contributed by atoms with Gasteiger partial charge < -0.3 is 24.8 Å². The summed E-state index contributed by atoms with van der Waals surface area (Å²) in [7, 11) is 1.59. The zero-order chi connectivity index (χ0) is 28.1. The molecule has 0 aromatic heterocycles. The van der Waals surface area contributed by atoms with Crippen LogP contribution in [-0.4, -0.2) is 37.3 Å². The number of hydrogen-bond acceptors (Lipinski definition) is 7. The second-order valence-corrected chi connectivity index (χ2v) is 9.37. The number of aryl methyl sites for hydroxylation is 1. The number of amides is 3. The number of nitriles is 1. The highest BCUT2D eigenvalue weighted by Crippen LogP contribution is 2.35. The second kappa shape index (κ2) is 11.7. The maximum atomic E-state index is 13.6. The summed E-state index contributed by atoms with van der Waals surface area (Å²) in [5.74, 6) is -0.606. The highest BCUT2D eigenvalue weighted by atomic mass is 16.5. The van der Waals surface area contributed by atoms with Gasteiger partial charge in [-0.25, -0.2) is 9.79 Å². The average Bonchev–Trinajstić information content (AvgIpc) is 2.98. The molecule has 0 saturated carbocycles. The van der Waals surface area contributed by atoms with E-state index in [2.05, 4.69) is 21.7 Å². The summed E-state index contributed by atoms with van der Waals surface area (Å²) in [6, 6.07) is 20.1. The number of esters is 1. The van der Waals surface area contributed by atoms with Crippen molar-refractivity contribution in [3.05, 3.63) is 89.0 Å². The number of carbonyl (C=O) groups excluding carboxylic acids is 3. The number of ether oxygens (including phenoxy) is 3. The normalized spacial score (nSPS) is 17.8. The van der Waals surface area contributed by atoms with Crippen molar-refractivity contribution in [2.75, 3.05) is 19.0 Å². The van der Waals surface area contributed by atoms with Crippen LogP contribution in [0.5, 0.6) is 11.5 Å². The molecule has 3 aromatic rings. The number of nitrogens with one attached hydrogen (secondary N) is 2. The number of hydrogen-bond donors (Lipinski definition) is 2. The molecule has 0 spiro atoms. The van der Waals surface area contributed by atoms with Gasteiger partial charge in [0.15, 0.2) is 6.61 Å². The van der Waals surface area contributed by atoms with Crippen LogP contribution in [0.4, 0.5) is 10.5 Å². The molecule has 2 heterocycles. The number of rotatable bonds is 8. The number of nitrogens with zero attached hydrogens (tertiary/aromatic N) is 2. The van der Waals surface area contributed by atoms with Crippen molar-refractivity contribution < 1.29 is 28.6 Å². The average molecular weight is 539 g/mol. The number of aliphatic imine (C=N–C) groups is 1. The van der Waals surface area contributed by atoms with Gasteiger partial charge in [-0.2, -0.15) is 5.26 Å². The van der Waals surface area contributed by atoms with Gasteiger partial charge in [-0.3, -0.25) is 9.59 Å². The predicted octanol–water partition coefficient (Wildman–Crippen LogP) is 4.10. The number of carbonyl (C=O) groups is 3. The van der Waals surface area contributed by atoms with E-state index in [-0.39, 0.29) is 19.1 Å². The van der Waals surface area contributed by atoms with Gasteiger partial charge in [0.2, 0.25) is 0 Å². The minimum atomic E-state index is -0.930. The Kier molecular flexibility index (Phi) is 7.73. The van der Waals surface area contributed by atoms with Crippen LogP contribution in [0.15, 0.2) is 71.7 Å². The molecule has 3 amide bonds. The monoisotopic (exact) mass is 538 g/mol. The largest absolute Gasteiger partial charge is 0.497 e. The van der Waals surface area contributed by atoms with Crippen molar-refractivity contribution in [2.45, 2.75) is 25.5 Å². The van der Waals surface area contributed by atoms with Crippen LogP contribution in [-0.2, 0) is 27.4 Å². The number of benzene rings is 3. The van der Waals surface area contributed by atoms with Crippen LogP contribution in [0.1, 0.15) is 34.7 Å². The molecule has 0 fully saturated rings. The number of fused-ring (bicyclic) bond motifs is 1. The Labute approximate surface area is 230 Å². The van der Waals surface area contributed by atoms with Crippen LogP contribution in [0.2, 0.25) is 0 Å². The fourth-order valence-electron chi connectivity index (χ4n) is 4.77. The zero-order valence-electron chi connectivity index (χ0n) is 21.7. The Morgan fingerprint density at radius 1 is 1.07 bits per heavy atom. The van der Waals surface area contributed by atoms with Crippen molar-refractivity contribution >= 4 is 29.3 Å². The molecule has 0 saturated heterocycles. The Hall–Kier alpha value is -5.17. The highest BCUT2D eigenvalue weighted by molar-refractivity contribution is 6.09. The molecule has 10 heteroatoms. The number of methoxy groups -OCH3 is 1. The molecule has 2 aliphatic heterocycles. The van der Waals surface area contributed by atoms with Crippen LogP contribution < -0.4 is 20.1 Å². The summed E-state index contributed by atoms with van der Waals surface area (Å²) >= 11 is 0. The predicted molar refractivity (Wildman–Crippen MR) is 145 cm³/mol. The zero-order valence-corrected chi connectivity index (χ0v) is 21.7. The summed E-state index contributed by atoms with van der Waals surface area (Å²) in [4.78, 5) is 42.5. The highest BCUT2D eigenvalue weighted by Gasteiger charge is 2.40. The third kappa shape index (κ3) is 5.94. The summed E-state index contributed by atoms with van der Waals surface area (Å²) in [6.45, 7) is -0.141. The third-order valence-electron chi connectivity index (χ3n) is 6.71. The van der Waals surface area contributed by atoms with E-state index >= 15 is 0 Å². The van der Waals surface area contributed by atoms with Gasteiger partial charge in [-0.1, -0.05) is 30.3 Å². The van der Waals surface area contributed by atoms with Crippen molar-refractivity contribution in [2.24, 2.45) is 10.9 Å². The van der Waals surface area contributed by atoms with Gasteiger partial charge in [0.25, 0.3) is 5.91 Å². The summed E-state index contributed by atoms with van der Waals surface area (Å²) in [5, 5.41) is 14.8. The van der Waals surface area contributed by atoms with Gasteiger partial charge >= 0.3 is 12.0 Å². The Morgan fingerprint density at radius 3 is 2.73 bits per heavy atom. The molecular weight excluding hydrogens is 512 g/mol. The Bertz CT molecular complexity index is 1540. The van der Waals surface area contributed by atoms with Gasteiger partial charge in [0, 0.05) is 5.71 Å². The Morgan fingerprint density at radius 2 is 1.90 bits per heavy atom. The third-order valence-corrected chi connectivity index (χ3v) is 6.71. The van der Waals surface area contributed by atoms with Crippen LogP contribution in [0.25, 0.3) is 0 Å². The molecule has 2 aliphatic rings. The maximum Gasteiger partial charge on any atom is 0.341 e. The topological polar surface area (TPSA) is 139 Å². The molecule has 2 N–H and O–H groups in total. The lowest BCUT2D eigenvalue weighted by atomic mass is 9.85. The number of anilines is 1. The lowest BCUT2D eigenvalue weighted by molar-refractivity contribution is -0.148. The molecule has 10 nitrogen and oxygen atoms in total. The van der Waals surface area contributed by atoms with Crippen molar-refractivity contribution in [3.63, 3.8) is 0 Å². The van der Waals surface area contributed by atoms with Crippen LogP contribution in [0, 0.1) is 17.2 Å². The molecule has 202 valence electrons. The first kappa shape index (κ1) is 26.4. The quantitative estimate of drug-likeness (QED) is 0.412. The smallest absolute Gasteiger partial charge is 0.341 e. The van der Waals surface area contributed by atoms with Crippen molar-refractivity contribution in [3.8, 4) is 17.6 Å². The van der Waals surface area contributed by atoms with E-state index in [1.165, 1.54) is 0 Å². The fourth-order valence-corrected chi connectivity index (χ4v) is 4.77. The van der Waals surface area contributed by atoms with E-state index in [0.29, 0.717) is 52.4 Å². The standard InChI is InChI=1S/C30H26N4O6/c1-38-22-7-3-4-18(13-22)8-10-23-27(29(36)40-16-20-6-2-5-19(12-20)15-31)28(34-30(37)33-23)21-9-11-25-24(14-21)32-26(35)17-39-25/h2-7,9,11-14,27-28H,8,10,16-17H2,1H3,(H,32,35)(H,34,37). The number of urea groups is 1. The molecular formula is C30H26N4O6. The minimum absolute atomic E-state index is 0.0528. The molecule has 2 atom stereocenters. The first-order valence-corrected chi connectivity index (χ1v) is 12.7. The van der Waals surface area contributed by atoms with Gasteiger partial charge in [-0.15, -0.1) is 0 Å². The van der Waals surface area contributed by atoms with Crippen molar-refractivity contribution in [1.29, 1.82) is 5.26 Å². The van der Waals surface area contributed by atoms with Gasteiger partial charge in [0.1, 0.15) is 24.0 Å². The molecule has 0 radical (unpaired) electrons. The van der Waals surface area contributed by atoms with Gasteiger partial charge in [-0.05, 0) is 65.9 Å². The van der Waals surface area contributed by atoms with Gasteiger partial charge in [0.05, 0.1) is 30.5 Å². The van der Waals surface area contributed by atoms with Crippen molar-refractivity contribution in [1.82, 2.24) is 5.32 Å². The Balaban J connectivity index is 1.44. The lowest BCUT2D eigenvalue weighted by Crippen LogP contribution is -2.45. The van der Waals surface area contributed by atoms with Crippen LogP contribution in [0.3, 0.4) is 0 Å². The second-order valence-electron chi connectivity index (χ2n) is 9.37. The molecule has 0 bridgehead atoms. The van der Waals surface area contributed by atoms with E-state index in [4.69, 9.17) is 14.2 Å². The molecule has 5 rings (SSSR count). The molecule has 3 aromatic carbocycles. The van der Waals surface area contributed by atoms with E-state index in [0.717, 1.165) is 5.56 Å². The molecule has 0 aliphatic carbocycles. The minimum Gasteiger partial charge on any atom is -0.497 e. The summed E-state index contributed by atoms with van der Waals surface area (Å²) < 4.78 is 16.5. The first-order chi connectivity index (χ1) is 19.4. The first-order valence-electron chi connectivity index (χ1n) is 12.7. The summed E-state index contributed by atoms with van der Waals surface area (Å²) in [5.41, 5.74) is 3.48. The van der Waals surface area contributed by atoms with E-state index < -0.39 is 24.0 Å².